The molecule has 1 aromatic carbocycles. The number of Topliss-reactive ketones (excluding diaryl/α,β-unsaturated/α-hetero) is 1. The van der Waals surface area contributed by atoms with E-state index in [9.17, 15) is 20.0 Å². The summed E-state index contributed by atoms with van der Waals surface area (Å²) in [4.78, 5) is 33.3. The first-order valence-electron chi connectivity index (χ1n) is 13.6. The molecule has 1 amide bonds. The zero-order valence-corrected chi connectivity index (χ0v) is 22.8. The van der Waals surface area contributed by atoms with Crippen molar-refractivity contribution in [2.24, 2.45) is 13.0 Å². The standard InChI is InChI=1S/C31H36N4O3/c1-19-24(14-27(37)23-11-20(16-32)12-25(36)13-23)17-33-29-28(19)26(18-34(29)4)22-9-10-35(31(2,3)15-22)30(38)21-7-5-6-8-21/h11-13,17-18,21-22,36H,5-10,14-15H2,1-4H3/t22-/m1/s1. The van der Waals surface area contributed by atoms with E-state index in [1.165, 1.54) is 23.8 Å². The number of amides is 1. The Labute approximate surface area is 224 Å². The van der Waals surface area contributed by atoms with E-state index < -0.39 is 0 Å². The molecule has 3 heterocycles. The monoisotopic (exact) mass is 512 g/mol. The first-order chi connectivity index (χ1) is 18.1. The number of hydrogen-bond acceptors (Lipinski definition) is 5. The van der Waals surface area contributed by atoms with Crippen LogP contribution in [-0.2, 0) is 18.3 Å². The van der Waals surface area contributed by atoms with Gasteiger partial charge in [-0.25, -0.2) is 4.98 Å². The van der Waals surface area contributed by atoms with E-state index in [-0.39, 0.29) is 40.9 Å². The van der Waals surface area contributed by atoms with Gasteiger partial charge in [0.05, 0.1) is 11.6 Å². The number of carbonyl (C=O) groups is 2. The van der Waals surface area contributed by atoms with E-state index in [4.69, 9.17) is 4.98 Å². The van der Waals surface area contributed by atoms with Gasteiger partial charge in [0.1, 0.15) is 11.4 Å². The highest BCUT2D eigenvalue weighted by Crippen LogP contribution is 2.43. The SMILES string of the molecule is Cc1c(CC(=O)c2cc(O)cc(C#N)c2)cnc2c1c([C@@H]1CCN(C(=O)C3CCCC3)C(C)(C)C1)cn2C. The molecule has 1 aliphatic heterocycles. The van der Waals surface area contributed by atoms with Crippen molar-refractivity contribution in [1.29, 1.82) is 5.26 Å². The van der Waals surface area contributed by atoms with Crippen LogP contribution in [0.25, 0.3) is 11.0 Å². The first kappa shape index (κ1) is 26.0. The fraction of sp³-hybridized carbons (Fsp3) is 0.484. The molecule has 0 bridgehead atoms. The van der Waals surface area contributed by atoms with Gasteiger partial charge in [0.15, 0.2) is 5.78 Å². The molecule has 2 fully saturated rings. The van der Waals surface area contributed by atoms with Crippen molar-refractivity contribution in [2.75, 3.05) is 6.54 Å². The van der Waals surface area contributed by atoms with Crippen molar-refractivity contribution in [3.63, 3.8) is 0 Å². The summed E-state index contributed by atoms with van der Waals surface area (Å²) in [6.45, 7) is 7.18. The van der Waals surface area contributed by atoms with E-state index in [0.717, 1.165) is 67.2 Å². The summed E-state index contributed by atoms with van der Waals surface area (Å²) in [6.07, 6.45) is 10.2. The molecule has 2 aliphatic rings. The summed E-state index contributed by atoms with van der Waals surface area (Å²) in [5, 5.41) is 20.2. The number of ketones is 1. The highest BCUT2D eigenvalue weighted by Gasteiger charge is 2.41. The Balaban J connectivity index is 1.43. The Morgan fingerprint density at radius 2 is 1.92 bits per heavy atom. The van der Waals surface area contributed by atoms with Gasteiger partial charge in [-0.15, -0.1) is 0 Å². The number of likely N-dealkylation sites (tertiary alicyclic amines) is 1. The molecule has 1 aliphatic carbocycles. The van der Waals surface area contributed by atoms with Crippen LogP contribution in [0.2, 0.25) is 0 Å². The van der Waals surface area contributed by atoms with Crippen LogP contribution in [0.3, 0.4) is 0 Å². The summed E-state index contributed by atoms with van der Waals surface area (Å²) in [7, 11) is 2.00. The molecule has 2 aromatic heterocycles. The highest BCUT2D eigenvalue weighted by molar-refractivity contribution is 5.99. The van der Waals surface area contributed by atoms with Crippen LogP contribution >= 0.6 is 0 Å². The Morgan fingerprint density at radius 1 is 1.18 bits per heavy atom. The first-order valence-corrected chi connectivity index (χ1v) is 13.6. The van der Waals surface area contributed by atoms with E-state index >= 15 is 0 Å². The molecule has 1 atom stereocenters. The Kier molecular flexibility index (Phi) is 6.77. The molecule has 0 radical (unpaired) electrons. The summed E-state index contributed by atoms with van der Waals surface area (Å²) < 4.78 is 2.06. The van der Waals surface area contributed by atoms with Crippen molar-refractivity contribution >= 4 is 22.7 Å². The molecule has 198 valence electrons. The van der Waals surface area contributed by atoms with Crippen LogP contribution in [0.15, 0.2) is 30.6 Å². The zero-order valence-electron chi connectivity index (χ0n) is 22.8. The second-order valence-corrected chi connectivity index (χ2v) is 11.8. The number of phenolic OH excluding ortho intramolecular Hbond substituents is 1. The Hall–Kier alpha value is -3.66. The maximum absolute atomic E-state index is 13.3. The van der Waals surface area contributed by atoms with Crippen LogP contribution in [0.4, 0.5) is 0 Å². The molecule has 1 saturated heterocycles. The van der Waals surface area contributed by atoms with Crippen molar-refractivity contribution in [2.45, 2.75) is 77.2 Å². The molecule has 0 unspecified atom stereocenters. The summed E-state index contributed by atoms with van der Waals surface area (Å²) >= 11 is 0. The maximum Gasteiger partial charge on any atom is 0.226 e. The number of piperidine rings is 1. The number of fused-ring (bicyclic) bond motifs is 1. The second-order valence-electron chi connectivity index (χ2n) is 11.8. The van der Waals surface area contributed by atoms with Crippen LogP contribution in [0.1, 0.15) is 90.9 Å². The van der Waals surface area contributed by atoms with Gasteiger partial charge in [0.25, 0.3) is 0 Å². The molecular formula is C31H36N4O3. The lowest BCUT2D eigenvalue weighted by atomic mass is 9.78. The average Bonchev–Trinajstić information content (AvgIpc) is 3.53. The minimum atomic E-state index is -0.229. The van der Waals surface area contributed by atoms with Gasteiger partial charge in [-0.1, -0.05) is 12.8 Å². The van der Waals surface area contributed by atoms with Crippen molar-refractivity contribution in [3.8, 4) is 11.8 Å². The van der Waals surface area contributed by atoms with E-state index in [1.807, 2.05) is 20.0 Å². The summed E-state index contributed by atoms with van der Waals surface area (Å²) in [5.41, 5.74) is 4.33. The predicted molar refractivity (Wildman–Crippen MR) is 146 cm³/mol. The van der Waals surface area contributed by atoms with E-state index in [0.29, 0.717) is 11.5 Å². The normalized spacial score (nSPS) is 19.6. The molecule has 7 nitrogen and oxygen atoms in total. The Bertz CT molecular complexity index is 1460. The van der Waals surface area contributed by atoms with E-state index in [2.05, 4.69) is 29.5 Å². The fourth-order valence-corrected chi connectivity index (χ4v) is 6.65. The van der Waals surface area contributed by atoms with E-state index in [1.54, 1.807) is 6.20 Å². The third kappa shape index (κ3) is 4.69. The zero-order chi connectivity index (χ0) is 27.2. The lowest BCUT2D eigenvalue weighted by Gasteiger charge is -2.46. The van der Waals surface area contributed by atoms with Crippen molar-refractivity contribution in [1.82, 2.24) is 14.5 Å². The fourth-order valence-electron chi connectivity index (χ4n) is 6.65. The van der Waals surface area contributed by atoms with Gasteiger partial charge < -0.3 is 14.6 Å². The van der Waals surface area contributed by atoms with Gasteiger partial charge in [0, 0.05) is 54.8 Å². The molecule has 1 saturated carbocycles. The van der Waals surface area contributed by atoms with Crippen LogP contribution < -0.4 is 0 Å². The number of aromatic nitrogens is 2. The number of nitrogens with zero attached hydrogens (tertiary/aromatic N) is 4. The lowest BCUT2D eigenvalue weighted by Crippen LogP contribution is -2.53. The highest BCUT2D eigenvalue weighted by atomic mass is 16.3. The van der Waals surface area contributed by atoms with Crippen LogP contribution in [0.5, 0.6) is 5.75 Å². The predicted octanol–water partition coefficient (Wildman–Crippen LogP) is 5.56. The number of hydrogen-bond donors (Lipinski definition) is 1. The van der Waals surface area contributed by atoms with Gasteiger partial charge >= 0.3 is 0 Å². The number of carbonyl (C=O) groups excluding carboxylic acids is 2. The number of phenols is 1. The third-order valence-electron chi connectivity index (χ3n) is 8.69. The lowest BCUT2D eigenvalue weighted by molar-refractivity contribution is -0.143. The van der Waals surface area contributed by atoms with Gasteiger partial charge in [-0.2, -0.15) is 5.26 Å². The quantitative estimate of drug-likeness (QED) is 0.451. The molecule has 5 rings (SSSR count). The summed E-state index contributed by atoms with van der Waals surface area (Å²) in [5.74, 6) is 0.541. The van der Waals surface area contributed by atoms with Gasteiger partial charge in [-0.05, 0) is 87.3 Å². The number of benzene rings is 1. The van der Waals surface area contributed by atoms with Gasteiger partial charge in [-0.3, -0.25) is 9.59 Å². The van der Waals surface area contributed by atoms with Crippen molar-refractivity contribution in [3.05, 3.63) is 58.4 Å². The number of pyridine rings is 1. The van der Waals surface area contributed by atoms with Gasteiger partial charge in [0.2, 0.25) is 5.91 Å². The molecule has 7 heteroatoms. The number of aryl methyl sites for hydroxylation is 2. The average molecular weight is 513 g/mol. The maximum atomic E-state index is 13.3. The number of aromatic hydroxyl groups is 1. The van der Waals surface area contributed by atoms with Crippen LogP contribution in [-0.4, -0.2) is 43.3 Å². The molecule has 1 N–H and O–H groups in total. The largest absolute Gasteiger partial charge is 0.508 e. The molecular weight excluding hydrogens is 476 g/mol. The topological polar surface area (TPSA) is 99.2 Å². The minimum Gasteiger partial charge on any atom is -0.508 e. The molecule has 38 heavy (non-hydrogen) atoms. The number of nitriles is 1. The minimum absolute atomic E-state index is 0.0941. The Morgan fingerprint density at radius 3 is 2.61 bits per heavy atom. The summed E-state index contributed by atoms with van der Waals surface area (Å²) in [6, 6.07) is 6.25. The third-order valence-corrected chi connectivity index (χ3v) is 8.69. The smallest absolute Gasteiger partial charge is 0.226 e. The van der Waals surface area contributed by atoms with Crippen molar-refractivity contribution < 1.29 is 14.7 Å². The molecule has 3 aromatic rings. The number of rotatable bonds is 5. The van der Waals surface area contributed by atoms with Crippen LogP contribution in [0, 0.1) is 24.2 Å². The molecule has 0 spiro atoms. The second kappa shape index (κ2) is 9.90.